The fraction of sp³-hybridized carbons (Fsp3) is 0.105. The lowest BCUT2D eigenvalue weighted by Gasteiger charge is -2.07. The van der Waals surface area contributed by atoms with Crippen molar-refractivity contribution in [2.24, 2.45) is 0 Å². The summed E-state index contributed by atoms with van der Waals surface area (Å²) in [7, 11) is 1.49. The van der Waals surface area contributed by atoms with Crippen LogP contribution in [0.1, 0.15) is 21.5 Å². The maximum absolute atomic E-state index is 12.3. The van der Waals surface area contributed by atoms with Crippen LogP contribution in [-0.4, -0.2) is 23.1 Å². The Labute approximate surface area is 148 Å². The van der Waals surface area contributed by atoms with Crippen LogP contribution in [0.2, 0.25) is 0 Å². The van der Waals surface area contributed by atoms with E-state index in [-0.39, 0.29) is 17.3 Å². The van der Waals surface area contributed by atoms with E-state index >= 15 is 0 Å². The molecule has 5 heteroatoms. The molecule has 0 spiro atoms. The molecule has 0 radical (unpaired) electrons. The molecule has 124 valence electrons. The maximum Gasteiger partial charge on any atom is 0.185 e. The Hall–Kier alpha value is -2.53. The van der Waals surface area contributed by atoms with Gasteiger partial charge in [-0.1, -0.05) is 6.08 Å². The summed E-state index contributed by atoms with van der Waals surface area (Å²) in [5.41, 5.74) is 1.77. The molecule has 0 aliphatic heterocycles. The summed E-state index contributed by atoms with van der Waals surface area (Å²) in [5, 5.41) is 19.4. The van der Waals surface area contributed by atoms with Crippen LogP contribution in [0, 0.1) is 0 Å². The molecule has 4 nitrogen and oxygen atoms in total. The highest BCUT2D eigenvalue weighted by Crippen LogP contribution is 2.32. The lowest BCUT2D eigenvalue weighted by Crippen LogP contribution is -1.96. The van der Waals surface area contributed by atoms with Crippen molar-refractivity contribution in [1.82, 2.24) is 0 Å². The number of ketones is 1. The lowest BCUT2D eigenvalue weighted by molar-refractivity contribution is 0.104. The second kappa shape index (κ2) is 7.84. The Morgan fingerprint density at radius 1 is 1.25 bits per heavy atom. The summed E-state index contributed by atoms with van der Waals surface area (Å²) in [5.74, 6) is 0.451. The molecule has 0 unspecified atom stereocenters. The van der Waals surface area contributed by atoms with Gasteiger partial charge in [-0.2, -0.15) is 0 Å². The third-order valence-corrected chi connectivity index (χ3v) is 4.08. The Kier molecular flexibility index (Phi) is 5.82. The van der Waals surface area contributed by atoms with Gasteiger partial charge in [0.2, 0.25) is 0 Å². The van der Waals surface area contributed by atoms with Gasteiger partial charge in [0, 0.05) is 17.2 Å². The molecule has 0 atom stereocenters. The smallest absolute Gasteiger partial charge is 0.185 e. The van der Waals surface area contributed by atoms with Crippen LogP contribution in [0.5, 0.6) is 17.2 Å². The summed E-state index contributed by atoms with van der Waals surface area (Å²) in [4.78, 5) is 12.3. The van der Waals surface area contributed by atoms with Crippen molar-refractivity contribution in [3.8, 4) is 17.2 Å². The van der Waals surface area contributed by atoms with E-state index in [1.807, 2.05) is 0 Å². The molecule has 2 N–H and O–H groups in total. The monoisotopic (exact) mass is 388 g/mol. The molecule has 2 aromatic carbocycles. The van der Waals surface area contributed by atoms with Crippen molar-refractivity contribution in [2.45, 2.75) is 6.42 Å². The molecule has 0 heterocycles. The number of ether oxygens (including phenoxy) is 1. The number of allylic oxidation sites excluding steroid dienone is 2. The average molecular weight is 389 g/mol. The van der Waals surface area contributed by atoms with Gasteiger partial charge in [-0.05, 0) is 64.3 Å². The first-order valence-electron chi connectivity index (χ1n) is 7.18. The van der Waals surface area contributed by atoms with Gasteiger partial charge in [-0.3, -0.25) is 4.79 Å². The van der Waals surface area contributed by atoms with E-state index < -0.39 is 0 Å². The first kappa shape index (κ1) is 17.8. The van der Waals surface area contributed by atoms with Crippen LogP contribution in [0.3, 0.4) is 0 Å². The number of carbonyl (C=O) groups excluding carboxylic acids is 1. The van der Waals surface area contributed by atoms with E-state index in [0.717, 1.165) is 0 Å². The van der Waals surface area contributed by atoms with E-state index in [1.165, 1.54) is 25.3 Å². The van der Waals surface area contributed by atoms with Gasteiger partial charge in [0.15, 0.2) is 5.78 Å². The minimum Gasteiger partial charge on any atom is -0.508 e. The molecule has 0 amide bonds. The molecule has 0 saturated heterocycles. The van der Waals surface area contributed by atoms with E-state index in [1.54, 1.807) is 30.4 Å². The quantitative estimate of drug-likeness (QED) is 0.434. The highest BCUT2D eigenvalue weighted by molar-refractivity contribution is 9.10. The molecule has 0 bridgehead atoms. The molecule has 0 fully saturated rings. The second-order valence-corrected chi connectivity index (χ2v) is 5.93. The standard InChI is InChI=1S/C19H17BrO4/c1-3-4-12-9-13(5-7-16(12)21)17(22)8-6-14-10-15(20)18(23)11-19(14)24-2/h3,5-11,21,23H,1,4H2,2H3/b8-6+. The average Bonchev–Trinajstić information content (AvgIpc) is 2.57. The predicted molar refractivity (Wildman–Crippen MR) is 97.7 cm³/mol. The summed E-state index contributed by atoms with van der Waals surface area (Å²) < 4.78 is 5.71. The van der Waals surface area contributed by atoms with Crippen molar-refractivity contribution in [3.05, 3.63) is 70.2 Å². The minimum atomic E-state index is -0.202. The number of aromatic hydroxyl groups is 2. The van der Waals surface area contributed by atoms with E-state index in [2.05, 4.69) is 22.5 Å². The van der Waals surface area contributed by atoms with Gasteiger partial charge < -0.3 is 14.9 Å². The number of halogens is 1. The number of phenols is 2. The van der Waals surface area contributed by atoms with Crippen LogP contribution in [0.15, 0.2) is 53.5 Å². The number of benzene rings is 2. The van der Waals surface area contributed by atoms with E-state index in [4.69, 9.17) is 4.74 Å². The van der Waals surface area contributed by atoms with Crippen LogP contribution >= 0.6 is 15.9 Å². The van der Waals surface area contributed by atoms with Crippen molar-refractivity contribution in [3.63, 3.8) is 0 Å². The van der Waals surface area contributed by atoms with Gasteiger partial charge in [-0.15, -0.1) is 6.58 Å². The molecule has 0 aromatic heterocycles. The first-order valence-corrected chi connectivity index (χ1v) is 7.97. The minimum absolute atomic E-state index is 0.0583. The zero-order valence-corrected chi connectivity index (χ0v) is 14.7. The van der Waals surface area contributed by atoms with Crippen LogP contribution < -0.4 is 4.74 Å². The number of carbonyl (C=O) groups is 1. The van der Waals surface area contributed by atoms with Crippen molar-refractivity contribution < 1.29 is 19.7 Å². The van der Waals surface area contributed by atoms with Gasteiger partial charge in [-0.25, -0.2) is 0 Å². The molecule has 0 aliphatic carbocycles. The highest BCUT2D eigenvalue weighted by atomic mass is 79.9. The third-order valence-electron chi connectivity index (χ3n) is 3.44. The largest absolute Gasteiger partial charge is 0.508 e. The molecule has 2 rings (SSSR count). The first-order chi connectivity index (χ1) is 11.5. The zero-order chi connectivity index (χ0) is 17.7. The number of phenolic OH excluding ortho intramolecular Hbond substituents is 2. The lowest BCUT2D eigenvalue weighted by atomic mass is 10.0. The Morgan fingerprint density at radius 2 is 2.00 bits per heavy atom. The topological polar surface area (TPSA) is 66.8 Å². The fourth-order valence-corrected chi connectivity index (χ4v) is 2.55. The number of methoxy groups -OCH3 is 1. The summed E-state index contributed by atoms with van der Waals surface area (Å²) in [6, 6.07) is 7.85. The molecule has 0 aliphatic rings. The summed E-state index contributed by atoms with van der Waals surface area (Å²) in [6.07, 6.45) is 5.18. The molecular weight excluding hydrogens is 372 g/mol. The number of hydrogen-bond acceptors (Lipinski definition) is 4. The number of rotatable bonds is 6. The Bertz CT molecular complexity index is 809. The van der Waals surface area contributed by atoms with Gasteiger partial charge in [0.25, 0.3) is 0 Å². The van der Waals surface area contributed by atoms with E-state index in [9.17, 15) is 15.0 Å². The Morgan fingerprint density at radius 3 is 2.67 bits per heavy atom. The second-order valence-electron chi connectivity index (χ2n) is 5.08. The van der Waals surface area contributed by atoms with Gasteiger partial charge in [0.05, 0.1) is 11.6 Å². The SMILES string of the molecule is C=CCc1cc(C(=O)/C=C/c2cc(Br)c(O)cc2OC)ccc1O. The third kappa shape index (κ3) is 4.06. The highest BCUT2D eigenvalue weighted by Gasteiger charge is 2.09. The van der Waals surface area contributed by atoms with Crippen molar-refractivity contribution in [1.29, 1.82) is 0 Å². The van der Waals surface area contributed by atoms with Gasteiger partial charge >= 0.3 is 0 Å². The summed E-state index contributed by atoms with van der Waals surface area (Å²) >= 11 is 3.23. The molecule has 2 aromatic rings. The van der Waals surface area contributed by atoms with Crippen molar-refractivity contribution in [2.75, 3.05) is 7.11 Å². The normalized spacial score (nSPS) is 10.8. The summed E-state index contributed by atoms with van der Waals surface area (Å²) in [6.45, 7) is 3.63. The van der Waals surface area contributed by atoms with Crippen LogP contribution in [-0.2, 0) is 6.42 Å². The Balaban J connectivity index is 2.29. The van der Waals surface area contributed by atoms with Gasteiger partial charge in [0.1, 0.15) is 17.2 Å². The van der Waals surface area contributed by atoms with E-state index in [0.29, 0.717) is 33.3 Å². The molecular formula is C19H17BrO4. The predicted octanol–water partition coefficient (Wildman–Crippen LogP) is 4.49. The van der Waals surface area contributed by atoms with Crippen molar-refractivity contribution >= 4 is 27.8 Å². The van der Waals surface area contributed by atoms with Crippen LogP contribution in [0.4, 0.5) is 0 Å². The maximum atomic E-state index is 12.3. The molecule has 24 heavy (non-hydrogen) atoms. The fourth-order valence-electron chi connectivity index (χ4n) is 2.18. The zero-order valence-electron chi connectivity index (χ0n) is 13.1. The number of hydrogen-bond donors (Lipinski definition) is 2. The van der Waals surface area contributed by atoms with Crippen LogP contribution in [0.25, 0.3) is 6.08 Å². The molecule has 0 saturated carbocycles.